The van der Waals surface area contributed by atoms with Gasteiger partial charge in [0.05, 0.1) is 19.3 Å². The highest BCUT2D eigenvalue weighted by Gasteiger charge is 2.26. The van der Waals surface area contributed by atoms with E-state index in [2.05, 4.69) is 15.5 Å². The van der Waals surface area contributed by atoms with Crippen molar-refractivity contribution in [1.82, 2.24) is 15.5 Å². The molecule has 0 aromatic heterocycles. The van der Waals surface area contributed by atoms with Gasteiger partial charge in [-0.3, -0.25) is 9.69 Å². The van der Waals surface area contributed by atoms with Gasteiger partial charge in [-0.15, -0.1) is 0 Å². The van der Waals surface area contributed by atoms with Gasteiger partial charge in [-0.2, -0.15) is 0 Å². The second kappa shape index (κ2) is 8.55. The van der Waals surface area contributed by atoms with Crippen molar-refractivity contribution in [3.05, 3.63) is 35.6 Å². The molecular weight excluding hydrogens is 309 g/mol. The van der Waals surface area contributed by atoms with Crippen molar-refractivity contribution in [3.8, 4) is 0 Å². The highest BCUT2D eigenvalue weighted by atomic mass is 19.1. The first kappa shape index (κ1) is 17.3. The quantitative estimate of drug-likeness (QED) is 0.852. The molecule has 3 rings (SSSR count). The van der Waals surface area contributed by atoms with Gasteiger partial charge in [0, 0.05) is 25.6 Å². The summed E-state index contributed by atoms with van der Waals surface area (Å²) in [5, 5.41) is 6.37. The first-order valence-electron chi connectivity index (χ1n) is 8.80. The van der Waals surface area contributed by atoms with Gasteiger partial charge in [0.2, 0.25) is 5.91 Å². The smallest absolute Gasteiger partial charge is 0.223 e. The summed E-state index contributed by atoms with van der Waals surface area (Å²) in [7, 11) is 0. The monoisotopic (exact) mass is 335 g/mol. The summed E-state index contributed by atoms with van der Waals surface area (Å²) in [6.45, 7) is 5.24. The Morgan fingerprint density at radius 1 is 1.33 bits per heavy atom. The van der Waals surface area contributed by atoms with Crippen LogP contribution in [-0.4, -0.2) is 56.7 Å². The third-order valence-electron chi connectivity index (χ3n) is 4.90. The van der Waals surface area contributed by atoms with E-state index in [0.717, 1.165) is 44.6 Å². The van der Waals surface area contributed by atoms with Crippen molar-refractivity contribution < 1.29 is 13.9 Å². The van der Waals surface area contributed by atoms with Crippen molar-refractivity contribution in [3.63, 3.8) is 0 Å². The fourth-order valence-electron chi connectivity index (χ4n) is 3.49. The molecule has 0 saturated carbocycles. The van der Waals surface area contributed by atoms with Gasteiger partial charge in [-0.25, -0.2) is 4.39 Å². The lowest BCUT2D eigenvalue weighted by atomic mass is 9.97. The molecule has 0 bridgehead atoms. The zero-order valence-corrected chi connectivity index (χ0v) is 14.0. The minimum absolute atomic E-state index is 0.0183. The van der Waals surface area contributed by atoms with Crippen LogP contribution in [0.4, 0.5) is 4.39 Å². The molecular formula is C18H26FN3O2. The maximum absolute atomic E-state index is 13.6. The van der Waals surface area contributed by atoms with Gasteiger partial charge in [-0.05, 0) is 43.6 Å². The number of ether oxygens (including phenoxy) is 1. The fourth-order valence-corrected chi connectivity index (χ4v) is 3.49. The number of nitrogens with zero attached hydrogens (tertiary/aromatic N) is 1. The zero-order chi connectivity index (χ0) is 16.8. The van der Waals surface area contributed by atoms with Gasteiger partial charge in [-0.1, -0.05) is 12.1 Å². The highest BCUT2D eigenvalue weighted by Crippen LogP contribution is 2.22. The predicted molar refractivity (Wildman–Crippen MR) is 90.1 cm³/mol. The summed E-state index contributed by atoms with van der Waals surface area (Å²) >= 11 is 0. The standard InChI is InChI=1S/C18H26FN3O2/c19-16-3-1-2-15(12-16)17(22-8-10-24-11-9-22)13-21-18(23)14-4-6-20-7-5-14/h1-3,12,14,17,20H,4-11,13H2,(H,21,23). The van der Waals surface area contributed by atoms with E-state index in [1.807, 2.05) is 6.07 Å². The van der Waals surface area contributed by atoms with Gasteiger partial charge in [0.1, 0.15) is 5.82 Å². The summed E-state index contributed by atoms with van der Waals surface area (Å²) in [4.78, 5) is 14.7. The number of carbonyl (C=O) groups excluding carboxylic acids is 1. The van der Waals surface area contributed by atoms with Crippen LogP contribution < -0.4 is 10.6 Å². The maximum atomic E-state index is 13.6. The molecule has 1 aromatic carbocycles. The molecule has 6 heteroatoms. The summed E-state index contributed by atoms with van der Waals surface area (Å²) < 4.78 is 19.1. The van der Waals surface area contributed by atoms with Crippen molar-refractivity contribution in [2.24, 2.45) is 5.92 Å². The van der Waals surface area contributed by atoms with Gasteiger partial charge >= 0.3 is 0 Å². The zero-order valence-electron chi connectivity index (χ0n) is 14.0. The number of piperidine rings is 1. The lowest BCUT2D eigenvalue weighted by Crippen LogP contribution is -2.45. The van der Waals surface area contributed by atoms with Crippen molar-refractivity contribution in [2.75, 3.05) is 45.9 Å². The molecule has 1 unspecified atom stereocenters. The third kappa shape index (κ3) is 4.53. The van der Waals surface area contributed by atoms with E-state index in [1.54, 1.807) is 12.1 Å². The molecule has 5 nitrogen and oxygen atoms in total. The SMILES string of the molecule is O=C(NCC(c1cccc(F)c1)N1CCOCC1)C1CCNCC1. The largest absolute Gasteiger partial charge is 0.379 e. The fraction of sp³-hybridized carbons (Fsp3) is 0.611. The molecule has 1 amide bonds. The second-order valence-corrected chi connectivity index (χ2v) is 6.49. The number of morpholine rings is 1. The summed E-state index contributed by atoms with van der Waals surface area (Å²) in [6, 6.07) is 6.66. The Morgan fingerprint density at radius 3 is 2.79 bits per heavy atom. The number of halogens is 1. The number of carbonyl (C=O) groups is 1. The lowest BCUT2D eigenvalue weighted by molar-refractivity contribution is -0.126. The molecule has 2 fully saturated rings. The van der Waals surface area contributed by atoms with E-state index in [9.17, 15) is 9.18 Å². The molecule has 0 radical (unpaired) electrons. The molecule has 2 heterocycles. The minimum Gasteiger partial charge on any atom is -0.379 e. The number of nitrogens with one attached hydrogen (secondary N) is 2. The van der Waals surface area contributed by atoms with E-state index in [4.69, 9.17) is 4.74 Å². The van der Waals surface area contributed by atoms with Crippen LogP contribution in [0.5, 0.6) is 0 Å². The van der Waals surface area contributed by atoms with Crippen LogP contribution in [0.2, 0.25) is 0 Å². The molecule has 2 aliphatic heterocycles. The second-order valence-electron chi connectivity index (χ2n) is 6.49. The number of hydrogen-bond donors (Lipinski definition) is 2. The van der Waals surface area contributed by atoms with Crippen molar-refractivity contribution in [1.29, 1.82) is 0 Å². The average Bonchev–Trinajstić information content (AvgIpc) is 2.63. The average molecular weight is 335 g/mol. The summed E-state index contributed by atoms with van der Waals surface area (Å²) in [5.41, 5.74) is 0.905. The normalized spacial score (nSPS) is 21.4. The number of hydrogen-bond acceptors (Lipinski definition) is 4. The van der Waals surface area contributed by atoms with Crippen LogP contribution in [0.25, 0.3) is 0 Å². The van der Waals surface area contributed by atoms with E-state index in [-0.39, 0.29) is 23.7 Å². The van der Waals surface area contributed by atoms with E-state index >= 15 is 0 Å². The molecule has 0 aliphatic carbocycles. The Kier molecular flexibility index (Phi) is 6.18. The Balaban J connectivity index is 1.66. The Morgan fingerprint density at radius 2 is 2.08 bits per heavy atom. The first-order chi connectivity index (χ1) is 11.7. The molecule has 1 atom stereocenters. The van der Waals surface area contributed by atoms with Crippen LogP contribution >= 0.6 is 0 Å². The minimum atomic E-state index is -0.240. The lowest BCUT2D eigenvalue weighted by Gasteiger charge is -2.35. The third-order valence-corrected chi connectivity index (χ3v) is 4.90. The Labute approximate surface area is 142 Å². The van der Waals surface area contributed by atoms with E-state index < -0.39 is 0 Å². The van der Waals surface area contributed by atoms with Crippen LogP contribution in [0.1, 0.15) is 24.4 Å². The Bertz CT molecular complexity index is 543. The molecule has 132 valence electrons. The van der Waals surface area contributed by atoms with Crippen LogP contribution in [-0.2, 0) is 9.53 Å². The summed E-state index contributed by atoms with van der Waals surface area (Å²) in [6.07, 6.45) is 1.77. The molecule has 2 N–H and O–H groups in total. The van der Waals surface area contributed by atoms with Crippen LogP contribution in [0.15, 0.2) is 24.3 Å². The number of amides is 1. The van der Waals surface area contributed by atoms with Crippen molar-refractivity contribution >= 4 is 5.91 Å². The summed E-state index contributed by atoms with van der Waals surface area (Å²) in [5.74, 6) is -0.0364. The molecule has 0 spiro atoms. The maximum Gasteiger partial charge on any atom is 0.223 e. The number of rotatable bonds is 5. The topological polar surface area (TPSA) is 53.6 Å². The van der Waals surface area contributed by atoms with Gasteiger partial charge in [0.15, 0.2) is 0 Å². The van der Waals surface area contributed by atoms with E-state index in [1.165, 1.54) is 6.07 Å². The van der Waals surface area contributed by atoms with Gasteiger partial charge in [0.25, 0.3) is 0 Å². The number of benzene rings is 1. The van der Waals surface area contributed by atoms with Crippen LogP contribution in [0, 0.1) is 11.7 Å². The van der Waals surface area contributed by atoms with Crippen molar-refractivity contribution in [2.45, 2.75) is 18.9 Å². The highest BCUT2D eigenvalue weighted by molar-refractivity contribution is 5.78. The Hall–Kier alpha value is -1.50. The van der Waals surface area contributed by atoms with Crippen LogP contribution in [0.3, 0.4) is 0 Å². The van der Waals surface area contributed by atoms with Gasteiger partial charge < -0.3 is 15.4 Å². The molecule has 2 saturated heterocycles. The predicted octanol–water partition coefficient (Wildman–Crippen LogP) is 1.31. The van der Waals surface area contributed by atoms with E-state index in [0.29, 0.717) is 19.8 Å². The first-order valence-corrected chi connectivity index (χ1v) is 8.80. The molecule has 1 aromatic rings. The molecule has 24 heavy (non-hydrogen) atoms. The molecule has 2 aliphatic rings.